The highest BCUT2D eigenvalue weighted by atomic mass is 16.1. The molecular weight excluding hydrogens is 264 g/mol. The monoisotopic (exact) mass is 284 g/mol. The van der Waals surface area contributed by atoms with Gasteiger partial charge in [0.05, 0.1) is 0 Å². The normalized spacial score (nSPS) is 10.2. The lowest BCUT2D eigenvalue weighted by molar-refractivity contribution is 0.0948. The molecule has 5 heteroatoms. The molecule has 1 amide bonds. The summed E-state index contributed by atoms with van der Waals surface area (Å²) in [6.07, 6.45) is 0.895. The molecule has 0 fully saturated rings. The SMILES string of the molecule is CCCNC(=O)c1cc(N(C)c2ccccc2)nc(C)n1. The van der Waals surface area contributed by atoms with Gasteiger partial charge in [0.25, 0.3) is 5.91 Å². The minimum Gasteiger partial charge on any atom is -0.351 e. The van der Waals surface area contributed by atoms with E-state index in [1.165, 1.54) is 0 Å². The van der Waals surface area contributed by atoms with Gasteiger partial charge in [0.2, 0.25) is 0 Å². The van der Waals surface area contributed by atoms with Gasteiger partial charge in [0, 0.05) is 25.3 Å². The third-order valence-corrected chi connectivity index (χ3v) is 3.08. The lowest BCUT2D eigenvalue weighted by atomic mass is 10.3. The number of benzene rings is 1. The number of aryl methyl sites for hydroxylation is 1. The number of hydrogen-bond donors (Lipinski definition) is 1. The molecule has 110 valence electrons. The summed E-state index contributed by atoms with van der Waals surface area (Å²) in [5, 5.41) is 2.83. The summed E-state index contributed by atoms with van der Waals surface area (Å²) in [6.45, 7) is 4.45. The molecule has 0 aliphatic carbocycles. The second kappa shape index (κ2) is 6.83. The Morgan fingerprint density at radius 3 is 2.62 bits per heavy atom. The molecular formula is C16H20N4O. The lowest BCUT2D eigenvalue weighted by Crippen LogP contribution is -2.26. The largest absolute Gasteiger partial charge is 0.351 e. The second-order valence-corrected chi connectivity index (χ2v) is 4.81. The predicted molar refractivity (Wildman–Crippen MR) is 83.9 cm³/mol. The van der Waals surface area contributed by atoms with E-state index in [9.17, 15) is 4.79 Å². The van der Waals surface area contributed by atoms with Crippen molar-refractivity contribution in [3.05, 3.63) is 47.9 Å². The number of carbonyl (C=O) groups is 1. The van der Waals surface area contributed by atoms with Gasteiger partial charge in [-0.1, -0.05) is 25.1 Å². The first-order valence-electron chi connectivity index (χ1n) is 7.04. The van der Waals surface area contributed by atoms with Crippen LogP contribution in [0.15, 0.2) is 36.4 Å². The Bertz CT molecular complexity index is 613. The fourth-order valence-corrected chi connectivity index (χ4v) is 1.95. The molecule has 5 nitrogen and oxygen atoms in total. The van der Waals surface area contributed by atoms with E-state index in [-0.39, 0.29) is 5.91 Å². The summed E-state index contributed by atoms with van der Waals surface area (Å²) < 4.78 is 0. The van der Waals surface area contributed by atoms with Gasteiger partial charge < -0.3 is 10.2 Å². The van der Waals surface area contributed by atoms with Gasteiger partial charge in [-0.15, -0.1) is 0 Å². The third kappa shape index (κ3) is 3.78. The summed E-state index contributed by atoms with van der Waals surface area (Å²) in [4.78, 5) is 22.6. The molecule has 0 bridgehead atoms. The molecule has 1 heterocycles. The molecule has 1 aromatic heterocycles. The minimum atomic E-state index is -0.162. The van der Waals surface area contributed by atoms with Crippen LogP contribution in [0.1, 0.15) is 29.7 Å². The van der Waals surface area contributed by atoms with E-state index in [1.807, 2.05) is 49.2 Å². The van der Waals surface area contributed by atoms with E-state index in [0.29, 0.717) is 23.9 Å². The van der Waals surface area contributed by atoms with E-state index in [0.717, 1.165) is 12.1 Å². The van der Waals surface area contributed by atoms with Crippen molar-refractivity contribution < 1.29 is 4.79 Å². The Morgan fingerprint density at radius 2 is 1.95 bits per heavy atom. The molecule has 1 N–H and O–H groups in total. The van der Waals surface area contributed by atoms with E-state index in [2.05, 4.69) is 15.3 Å². The van der Waals surface area contributed by atoms with Crippen LogP contribution in [0.4, 0.5) is 11.5 Å². The number of amides is 1. The standard InChI is InChI=1S/C16H20N4O/c1-4-10-17-16(21)14-11-15(19-12(2)18-14)20(3)13-8-6-5-7-9-13/h5-9,11H,4,10H2,1-3H3,(H,17,21). The maximum absolute atomic E-state index is 12.0. The third-order valence-electron chi connectivity index (χ3n) is 3.08. The number of aromatic nitrogens is 2. The zero-order chi connectivity index (χ0) is 15.2. The average Bonchev–Trinajstić information content (AvgIpc) is 2.52. The number of rotatable bonds is 5. The number of nitrogens with one attached hydrogen (secondary N) is 1. The van der Waals surface area contributed by atoms with Crippen molar-refractivity contribution in [1.82, 2.24) is 15.3 Å². The summed E-state index contributed by atoms with van der Waals surface area (Å²) in [7, 11) is 1.92. The molecule has 0 aliphatic rings. The summed E-state index contributed by atoms with van der Waals surface area (Å²) in [5.41, 5.74) is 1.41. The van der Waals surface area contributed by atoms with Crippen LogP contribution in [0.5, 0.6) is 0 Å². The van der Waals surface area contributed by atoms with E-state index < -0.39 is 0 Å². The van der Waals surface area contributed by atoms with Gasteiger partial charge in [0.1, 0.15) is 17.3 Å². The van der Waals surface area contributed by atoms with Crippen LogP contribution in [0.25, 0.3) is 0 Å². The van der Waals surface area contributed by atoms with Crippen molar-refractivity contribution in [3.63, 3.8) is 0 Å². The first-order chi connectivity index (χ1) is 10.1. The first kappa shape index (κ1) is 15.0. The van der Waals surface area contributed by atoms with Crippen LogP contribution in [0.3, 0.4) is 0 Å². The minimum absolute atomic E-state index is 0.162. The molecule has 0 spiro atoms. The van der Waals surface area contributed by atoms with Crippen molar-refractivity contribution in [2.45, 2.75) is 20.3 Å². The van der Waals surface area contributed by atoms with Gasteiger partial charge in [-0.05, 0) is 25.5 Å². The Kier molecular flexibility index (Phi) is 4.87. The Balaban J connectivity index is 2.28. The van der Waals surface area contributed by atoms with E-state index in [4.69, 9.17) is 0 Å². The van der Waals surface area contributed by atoms with Gasteiger partial charge in [0.15, 0.2) is 0 Å². The van der Waals surface area contributed by atoms with Gasteiger partial charge >= 0.3 is 0 Å². The number of nitrogens with zero attached hydrogens (tertiary/aromatic N) is 3. The Morgan fingerprint density at radius 1 is 1.24 bits per heavy atom. The Hall–Kier alpha value is -2.43. The summed E-state index contributed by atoms with van der Waals surface area (Å²) in [5.74, 6) is 1.12. The molecule has 2 rings (SSSR count). The zero-order valence-electron chi connectivity index (χ0n) is 12.6. The highest BCUT2D eigenvalue weighted by Crippen LogP contribution is 2.21. The molecule has 0 atom stereocenters. The number of para-hydroxylation sites is 1. The number of anilines is 2. The molecule has 0 saturated carbocycles. The van der Waals surface area contributed by atoms with Gasteiger partial charge in [-0.3, -0.25) is 4.79 Å². The predicted octanol–water partition coefficient (Wildman–Crippen LogP) is 2.69. The van der Waals surface area contributed by atoms with Crippen molar-refractivity contribution in [2.24, 2.45) is 0 Å². The highest BCUT2D eigenvalue weighted by molar-refractivity contribution is 5.93. The summed E-state index contributed by atoms with van der Waals surface area (Å²) >= 11 is 0. The molecule has 0 saturated heterocycles. The fourth-order valence-electron chi connectivity index (χ4n) is 1.95. The highest BCUT2D eigenvalue weighted by Gasteiger charge is 2.13. The molecule has 0 aliphatic heterocycles. The van der Waals surface area contributed by atoms with Crippen LogP contribution in [-0.2, 0) is 0 Å². The van der Waals surface area contributed by atoms with Crippen molar-refractivity contribution in [2.75, 3.05) is 18.5 Å². The van der Waals surface area contributed by atoms with Crippen LogP contribution < -0.4 is 10.2 Å². The zero-order valence-corrected chi connectivity index (χ0v) is 12.6. The smallest absolute Gasteiger partial charge is 0.270 e. The molecule has 1 aromatic carbocycles. The lowest BCUT2D eigenvalue weighted by Gasteiger charge is -2.19. The maximum atomic E-state index is 12.0. The van der Waals surface area contributed by atoms with Crippen LogP contribution in [-0.4, -0.2) is 29.5 Å². The quantitative estimate of drug-likeness (QED) is 0.917. The van der Waals surface area contributed by atoms with Gasteiger partial charge in [-0.25, -0.2) is 9.97 Å². The average molecular weight is 284 g/mol. The van der Waals surface area contributed by atoms with E-state index >= 15 is 0 Å². The van der Waals surface area contributed by atoms with Crippen LogP contribution in [0, 0.1) is 6.92 Å². The van der Waals surface area contributed by atoms with Crippen molar-refractivity contribution in [3.8, 4) is 0 Å². The molecule has 0 radical (unpaired) electrons. The summed E-state index contributed by atoms with van der Waals surface area (Å²) in [6, 6.07) is 11.6. The second-order valence-electron chi connectivity index (χ2n) is 4.81. The fraction of sp³-hybridized carbons (Fsp3) is 0.312. The van der Waals surface area contributed by atoms with Crippen LogP contribution >= 0.6 is 0 Å². The molecule has 21 heavy (non-hydrogen) atoms. The molecule has 2 aromatic rings. The van der Waals surface area contributed by atoms with Crippen molar-refractivity contribution in [1.29, 1.82) is 0 Å². The van der Waals surface area contributed by atoms with E-state index in [1.54, 1.807) is 13.0 Å². The molecule has 0 unspecified atom stereocenters. The Labute approximate surface area is 125 Å². The van der Waals surface area contributed by atoms with Crippen molar-refractivity contribution >= 4 is 17.4 Å². The maximum Gasteiger partial charge on any atom is 0.270 e. The number of carbonyl (C=O) groups excluding carboxylic acids is 1. The topological polar surface area (TPSA) is 58.1 Å². The number of hydrogen-bond acceptors (Lipinski definition) is 4. The van der Waals surface area contributed by atoms with Gasteiger partial charge in [-0.2, -0.15) is 0 Å². The first-order valence-corrected chi connectivity index (χ1v) is 7.04. The van der Waals surface area contributed by atoms with Crippen LogP contribution in [0.2, 0.25) is 0 Å².